The van der Waals surface area contributed by atoms with Gasteiger partial charge in [-0.1, -0.05) is 24.3 Å². The van der Waals surface area contributed by atoms with Crippen LogP contribution in [-0.4, -0.2) is 25.2 Å². The molecule has 1 aliphatic rings. The summed E-state index contributed by atoms with van der Waals surface area (Å²) in [5.74, 6) is -1.49. The van der Waals surface area contributed by atoms with Crippen molar-refractivity contribution < 1.29 is 19.1 Å². The van der Waals surface area contributed by atoms with E-state index in [-0.39, 0.29) is 11.9 Å². The Morgan fingerprint density at radius 3 is 1.70 bits per heavy atom. The fraction of sp³-hybridized carbons (Fsp3) is 0.500. The second-order valence-corrected chi connectivity index (χ2v) is 4.89. The van der Waals surface area contributed by atoms with Crippen LogP contribution in [0.5, 0.6) is 0 Å². The van der Waals surface area contributed by atoms with E-state index < -0.39 is 11.8 Å². The van der Waals surface area contributed by atoms with Crippen molar-refractivity contribution in [3.8, 4) is 0 Å². The summed E-state index contributed by atoms with van der Waals surface area (Å²) in [4.78, 5) is 24.2. The lowest BCUT2D eigenvalue weighted by molar-refractivity contribution is -0.160. The van der Waals surface area contributed by atoms with Gasteiger partial charge in [0.1, 0.15) is 0 Å². The Morgan fingerprint density at radius 2 is 1.35 bits per heavy atom. The summed E-state index contributed by atoms with van der Waals surface area (Å²) in [5, 5.41) is 0. The number of fused-ring (bicyclic) bond motifs is 1. The van der Waals surface area contributed by atoms with Gasteiger partial charge in [-0.25, -0.2) is 0 Å². The van der Waals surface area contributed by atoms with Crippen LogP contribution in [0.25, 0.3) is 0 Å². The van der Waals surface area contributed by atoms with Crippen molar-refractivity contribution in [2.75, 3.05) is 13.2 Å². The van der Waals surface area contributed by atoms with Crippen molar-refractivity contribution >= 4 is 11.9 Å². The molecule has 108 valence electrons. The first-order valence-corrected chi connectivity index (χ1v) is 7.07. The van der Waals surface area contributed by atoms with Crippen molar-refractivity contribution in [2.24, 2.45) is 11.8 Å². The molecule has 0 aliphatic heterocycles. The van der Waals surface area contributed by atoms with Gasteiger partial charge in [0.25, 0.3) is 0 Å². The van der Waals surface area contributed by atoms with Gasteiger partial charge < -0.3 is 9.47 Å². The average Bonchev–Trinajstić information content (AvgIpc) is 2.46. The predicted molar refractivity (Wildman–Crippen MR) is 74.1 cm³/mol. The number of carbonyl (C=O) groups is 2. The molecule has 0 aromatic heterocycles. The second kappa shape index (κ2) is 6.55. The van der Waals surface area contributed by atoms with Gasteiger partial charge >= 0.3 is 11.9 Å². The molecule has 4 nitrogen and oxygen atoms in total. The number of hydrogen-bond acceptors (Lipinski definition) is 4. The summed E-state index contributed by atoms with van der Waals surface area (Å²) in [5.41, 5.74) is 2.23. The lowest BCUT2D eigenvalue weighted by atomic mass is 9.76. The molecular weight excluding hydrogens is 256 g/mol. The molecule has 1 aromatic rings. The highest BCUT2D eigenvalue weighted by molar-refractivity contribution is 5.83. The fourth-order valence-electron chi connectivity index (χ4n) is 2.71. The zero-order chi connectivity index (χ0) is 14.5. The summed E-state index contributed by atoms with van der Waals surface area (Å²) in [6.07, 6.45) is 1.08. The summed E-state index contributed by atoms with van der Waals surface area (Å²) in [7, 11) is 0. The summed E-state index contributed by atoms with van der Waals surface area (Å²) < 4.78 is 10.2. The molecule has 2 atom stereocenters. The number of ether oxygens (including phenoxy) is 2. The Bertz CT molecular complexity index is 450. The Hall–Kier alpha value is -1.84. The highest BCUT2D eigenvalue weighted by Gasteiger charge is 2.39. The molecule has 0 fully saturated rings. The molecule has 0 unspecified atom stereocenters. The lowest BCUT2D eigenvalue weighted by Crippen LogP contribution is -2.38. The van der Waals surface area contributed by atoms with Crippen LogP contribution < -0.4 is 0 Å². The van der Waals surface area contributed by atoms with Crippen LogP contribution in [0.2, 0.25) is 0 Å². The third-order valence-corrected chi connectivity index (χ3v) is 3.66. The fourth-order valence-corrected chi connectivity index (χ4v) is 2.71. The molecule has 4 heteroatoms. The highest BCUT2D eigenvalue weighted by Crippen LogP contribution is 2.32. The molecule has 1 aliphatic carbocycles. The van der Waals surface area contributed by atoms with E-state index in [9.17, 15) is 9.59 Å². The van der Waals surface area contributed by atoms with Gasteiger partial charge in [-0.15, -0.1) is 0 Å². The van der Waals surface area contributed by atoms with Gasteiger partial charge in [0.15, 0.2) is 0 Å². The standard InChI is InChI=1S/C16H20O4/c1-3-19-15(17)13-9-11-7-5-6-8-12(11)10-14(13)16(18)20-4-2/h5-8,13-14H,3-4,9-10H2,1-2H3/t13-,14-/m1/s1. The van der Waals surface area contributed by atoms with Gasteiger partial charge in [0.05, 0.1) is 25.0 Å². The molecule has 0 bridgehead atoms. The smallest absolute Gasteiger partial charge is 0.310 e. The Morgan fingerprint density at radius 1 is 0.950 bits per heavy atom. The number of carbonyl (C=O) groups excluding carboxylic acids is 2. The maximum Gasteiger partial charge on any atom is 0.310 e. The minimum Gasteiger partial charge on any atom is -0.466 e. The first-order valence-electron chi connectivity index (χ1n) is 7.07. The number of esters is 2. The Kier molecular flexibility index (Phi) is 4.77. The normalized spacial score (nSPS) is 20.9. The van der Waals surface area contributed by atoms with Gasteiger partial charge in [-0.3, -0.25) is 9.59 Å². The molecule has 0 spiro atoms. The zero-order valence-corrected chi connectivity index (χ0v) is 11.9. The van der Waals surface area contributed by atoms with Crippen LogP contribution >= 0.6 is 0 Å². The third-order valence-electron chi connectivity index (χ3n) is 3.66. The molecule has 0 saturated heterocycles. The molecule has 0 heterocycles. The molecule has 0 N–H and O–H groups in total. The minimum absolute atomic E-state index is 0.306. The summed E-state index contributed by atoms with van der Waals surface area (Å²) in [6, 6.07) is 7.91. The van der Waals surface area contributed by atoms with E-state index in [0.29, 0.717) is 26.1 Å². The molecule has 0 saturated carbocycles. The largest absolute Gasteiger partial charge is 0.466 e. The van der Waals surface area contributed by atoms with Crippen LogP contribution in [0.15, 0.2) is 24.3 Å². The van der Waals surface area contributed by atoms with Crippen molar-refractivity contribution in [3.63, 3.8) is 0 Å². The maximum absolute atomic E-state index is 12.1. The summed E-state index contributed by atoms with van der Waals surface area (Å²) >= 11 is 0. The van der Waals surface area contributed by atoms with Crippen LogP contribution in [0.1, 0.15) is 25.0 Å². The Labute approximate surface area is 119 Å². The Balaban J connectivity index is 2.26. The monoisotopic (exact) mass is 276 g/mol. The highest BCUT2D eigenvalue weighted by atomic mass is 16.5. The van der Waals surface area contributed by atoms with E-state index in [1.165, 1.54) is 0 Å². The van der Waals surface area contributed by atoms with E-state index in [4.69, 9.17) is 9.47 Å². The lowest BCUT2D eigenvalue weighted by Gasteiger charge is -2.30. The van der Waals surface area contributed by atoms with Gasteiger partial charge in [-0.2, -0.15) is 0 Å². The van der Waals surface area contributed by atoms with Crippen molar-refractivity contribution in [1.29, 1.82) is 0 Å². The predicted octanol–water partition coefficient (Wildman–Crippen LogP) is 2.14. The van der Waals surface area contributed by atoms with Crippen LogP contribution in [-0.2, 0) is 31.9 Å². The van der Waals surface area contributed by atoms with Crippen molar-refractivity contribution in [3.05, 3.63) is 35.4 Å². The van der Waals surface area contributed by atoms with E-state index in [1.54, 1.807) is 13.8 Å². The van der Waals surface area contributed by atoms with Crippen molar-refractivity contribution in [2.45, 2.75) is 26.7 Å². The minimum atomic E-state index is -0.441. The molecule has 1 aromatic carbocycles. The first-order chi connectivity index (χ1) is 9.67. The van der Waals surface area contributed by atoms with Gasteiger partial charge in [-0.05, 0) is 37.8 Å². The molecule has 20 heavy (non-hydrogen) atoms. The molecule has 2 rings (SSSR count). The number of benzene rings is 1. The average molecular weight is 276 g/mol. The van der Waals surface area contributed by atoms with E-state index in [2.05, 4.69) is 0 Å². The van der Waals surface area contributed by atoms with E-state index in [0.717, 1.165) is 11.1 Å². The molecular formula is C16H20O4. The van der Waals surface area contributed by atoms with Gasteiger partial charge in [0, 0.05) is 0 Å². The SMILES string of the molecule is CCOC(=O)[C@@H]1Cc2ccccc2C[C@H]1C(=O)OCC. The summed E-state index contributed by atoms with van der Waals surface area (Å²) in [6.45, 7) is 4.20. The first kappa shape index (κ1) is 14.6. The maximum atomic E-state index is 12.1. The zero-order valence-electron chi connectivity index (χ0n) is 11.9. The topological polar surface area (TPSA) is 52.6 Å². The third kappa shape index (κ3) is 3.00. The van der Waals surface area contributed by atoms with Crippen LogP contribution in [0.3, 0.4) is 0 Å². The van der Waals surface area contributed by atoms with Gasteiger partial charge in [0.2, 0.25) is 0 Å². The number of rotatable bonds is 4. The van der Waals surface area contributed by atoms with E-state index >= 15 is 0 Å². The molecule has 0 radical (unpaired) electrons. The molecule has 0 amide bonds. The van der Waals surface area contributed by atoms with Crippen molar-refractivity contribution in [1.82, 2.24) is 0 Å². The quantitative estimate of drug-likeness (QED) is 0.791. The van der Waals surface area contributed by atoms with E-state index in [1.807, 2.05) is 24.3 Å². The van der Waals surface area contributed by atoms with Crippen LogP contribution in [0.4, 0.5) is 0 Å². The number of hydrogen-bond donors (Lipinski definition) is 0. The van der Waals surface area contributed by atoms with Crippen LogP contribution in [0, 0.1) is 11.8 Å². The second-order valence-electron chi connectivity index (χ2n) is 4.89.